The zero-order chi connectivity index (χ0) is 12.0. The van der Waals surface area contributed by atoms with Crippen LogP contribution in [0, 0.1) is 23.7 Å². The maximum Gasteiger partial charge on any atom is 0.0107 e. The van der Waals surface area contributed by atoms with Gasteiger partial charge in [-0.05, 0) is 62.8 Å². The van der Waals surface area contributed by atoms with Crippen molar-refractivity contribution in [2.75, 3.05) is 13.1 Å². The van der Waals surface area contributed by atoms with Crippen molar-refractivity contribution in [3.05, 3.63) is 0 Å². The van der Waals surface area contributed by atoms with Crippen molar-refractivity contribution in [1.82, 2.24) is 4.90 Å². The van der Waals surface area contributed by atoms with E-state index in [-0.39, 0.29) is 0 Å². The lowest BCUT2D eigenvalue weighted by Crippen LogP contribution is -2.53. The van der Waals surface area contributed by atoms with E-state index >= 15 is 0 Å². The van der Waals surface area contributed by atoms with Gasteiger partial charge in [-0.15, -0.1) is 0 Å². The Bertz CT molecular complexity index is 278. The quantitative estimate of drug-likeness (QED) is 0.798. The molecule has 1 aliphatic heterocycles. The van der Waals surface area contributed by atoms with Crippen LogP contribution in [-0.4, -0.2) is 30.1 Å². The highest BCUT2D eigenvalue weighted by Gasteiger charge is 2.41. The minimum Gasteiger partial charge on any atom is -0.327 e. The van der Waals surface area contributed by atoms with Crippen molar-refractivity contribution in [2.45, 2.75) is 58.0 Å². The molecule has 2 bridgehead atoms. The maximum atomic E-state index is 6.17. The number of piperidine rings is 1. The molecule has 0 radical (unpaired) electrons. The molecule has 1 heterocycles. The molecule has 98 valence electrons. The van der Waals surface area contributed by atoms with Gasteiger partial charge in [-0.3, -0.25) is 4.90 Å². The Hall–Kier alpha value is -0.0800. The Kier molecular flexibility index (Phi) is 3.20. The summed E-state index contributed by atoms with van der Waals surface area (Å²) in [7, 11) is 0. The van der Waals surface area contributed by atoms with Crippen molar-refractivity contribution >= 4 is 0 Å². The highest BCUT2D eigenvalue weighted by Crippen LogP contribution is 2.48. The smallest absolute Gasteiger partial charge is 0.0107 e. The summed E-state index contributed by atoms with van der Waals surface area (Å²) in [5.41, 5.74) is 6.17. The lowest BCUT2D eigenvalue weighted by Gasteiger charge is -2.43. The van der Waals surface area contributed by atoms with Gasteiger partial charge in [0.05, 0.1) is 0 Å². The van der Waals surface area contributed by atoms with Gasteiger partial charge < -0.3 is 5.73 Å². The van der Waals surface area contributed by atoms with Crippen LogP contribution in [0.25, 0.3) is 0 Å². The standard InChI is InChI=1S/C15H28N2/c1-10-11(2)17(6-5-15(10)16)9-14-8-12-3-4-13(14)7-12/h10-15H,3-9,16H2,1-2H3. The van der Waals surface area contributed by atoms with Gasteiger partial charge in [-0.25, -0.2) is 0 Å². The molecule has 2 nitrogen and oxygen atoms in total. The molecule has 2 aliphatic carbocycles. The normalized spacial score (nSPS) is 51.0. The first-order valence-electron chi connectivity index (χ1n) is 7.64. The molecule has 0 spiro atoms. The third-order valence-corrected chi connectivity index (χ3v) is 6.12. The van der Waals surface area contributed by atoms with Gasteiger partial charge in [0.1, 0.15) is 0 Å². The van der Waals surface area contributed by atoms with Crippen LogP contribution in [0.2, 0.25) is 0 Å². The van der Waals surface area contributed by atoms with Crippen LogP contribution in [0.3, 0.4) is 0 Å². The van der Waals surface area contributed by atoms with E-state index in [1.54, 1.807) is 6.42 Å². The molecule has 2 heteroatoms. The summed E-state index contributed by atoms with van der Waals surface area (Å²) in [6, 6.07) is 1.12. The summed E-state index contributed by atoms with van der Waals surface area (Å²) in [5, 5.41) is 0. The van der Waals surface area contributed by atoms with E-state index < -0.39 is 0 Å². The van der Waals surface area contributed by atoms with Crippen LogP contribution in [0.5, 0.6) is 0 Å². The van der Waals surface area contributed by atoms with E-state index in [0.717, 1.165) is 17.8 Å². The lowest BCUT2D eigenvalue weighted by atomic mass is 9.84. The van der Waals surface area contributed by atoms with Gasteiger partial charge in [0.15, 0.2) is 0 Å². The fraction of sp³-hybridized carbons (Fsp3) is 1.00. The van der Waals surface area contributed by atoms with Crippen LogP contribution < -0.4 is 5.73 Å². The van der Waals surface area contributed by atoms with Gasteiger partial charge in [0.25, 0.3) is 0 Å². The Balaban J connectivity index is 1.58. The number of hydrogen-bond donors (Lipinski definition) is 1. The molecule has 3 fully saturated rings. The number of fused-ring (bicyclic) bond motifs is 2. The van der Waals surface area contributed by atoms with Crippen molar-refractivity contribution in [1.29, 1.82) is 0 Å². The molecule has 3 aliphatic rings. The Labute approximate surface area is 106 Å². The molecular formula is C15H28N2. The molecule has 0 aromatic heterocycles. The first kappa shape index (κ1) is 12.0. The van der Waals surface area contributed by atoms with Gasteiger partial charge in [-0.1, -0.05) is 13.3 Å². The summed E-state index contributed by atoms with van der Waals surface area (Å²) in [4.78, 5) is 2.74. The monoisotopic (exact) mass is 236 g/mol. The minimum absolute atomic E-state index is 0.432. The highest BCUT2D eigenvalue weighted by atomic mass is 15.2. The Morgan fingerprint density at radius 3 is 2.59 bits per heavy atom. The van der Waals surface area contributed by atoms with Gasteiger partial charge in [-0.2, -0.15) is 0 Å². The van der Waals surface area contributed by atoms with Crippen molar-refractivity contribution < 1.29 is 0 Å². The van der Waals surface area contributed by atoms with Gasteiger partial charge in [0.2, 0.25) is 0 Å². The number of nitrogens with two attached hydrogens (primary N) is 1. The first-order valence-corrected chi connectivity index (χ1v) is 7.64. The molecule has 0 amide bonds. The third-order valence-electron chi connectivity index (χ3n) is 6.12. The van der Waals surface area contributed by atoms with E-state index in [2.05, 4.69) is 18.7 Å². The summed E-state index contributed by atoms with van der Waals surface area (Å²) < 4.78 is 0. The average molecular weight is 236 g/mol. The molecular weight excluding hydrogens is 208 g/mol. The summed E-state index contributed by atoms with van der Waals surface area (Å²) in [6.45, 7) is 7.32. The lowest BCUT2D eigenvalue weighted by molar-refractivity contribution is 0.0706. The van der Waals surface area contributed by atoms with Gasteiger partial charge in [0, 0.05) is 18.6 Å². The van der Waals surface area contributed by atoms with Crippen LogP contribution in [0.4, 0.5) is 0 Å². The second kappa shape index (κ2) is 4.55. The Morgan fingerprint density at radius 2 is 1.94 bits per heavy atom. The van der Waals surface area contributed by atoms with E-state index in [4.69, 9.17) is 5.73 Å². The van der Waals surface area contributed by atoms with Crippen molar-refractivity contribution in [2.24, 2.45) is 29.4 Å². The molecule has 0 aromatic rings. The summed E-state index contributed by atoms with van der Waals surface area (Å²) in [5.74, 6) is 3.84. The predicted molar refractivity (Wildman–Crippen MR) is 71.7 cm³/mol. The molecule has 1 saturated heterocycles. The topological polar surface area (TPSA) is 29.3 Å². The first-order chi connectivity index (χ1) is 8.15. The predicted octanol–water partition coefficient (Wildman–Crippen LogP) is 2.48. The molecule has 17 heavy (non-hydrogen) atoms. The van der Waals surface area contributed by atoms with Crippen LogP contribution in [0.1, 0.15) is 46.0 Å². The van der Waals surface area contributed by atoms with E-state index in [1.807, 2.05) is 0 Å². The number of hydrogen-bond acceptors (Lipinski definition) is 2. The van der Waals surface area contributed by atoms with E-state index in [0.29, 0.717) is 18.0 Å². The number of rotatable bonds is 2. The molecule has 2 N–H and O–H groups in total. The van der Waals surface area contributed by atoms with Crippen LogP contribution in [0.15, 0.2) is 0 Å². The van der Waals surface area contributed by atoms with Crippen molar-refractivity contribution in [3.8, 4) is 0 Å². The largest absolute Gasteiger partial charge is 0.327 e. The number of likely N-dealkylation sites (tertiary alicyclic amines) is 1. The molecule has 2 saturated carbocycles. The Morgan fingerprint density at radius 1 is 1.12 bits per heavy atom. The molecule has 3 rings (SSSR count). The van der Waals surface area contributed by atoms with Crippen LogP contribution in [-0.2, 0) is 0 Å². The zero-order valence-electron chi connectivity index (χ0n) is 11.4. The zero-order valence-corrected chi connectivity index (χ0v) is 11.4. The summed E-state index contributed by atoms with van der Waals surface area (Å²) in [6.07, 6.45) is 7.31. The molecule has 6 atom stereocenters. The number of nitrogens with zero attached hydrogens (tertiary/aromatic N) is 1. The van der Waals surface area contributed by atoms with Crippen molar-refractivity contribution in [3.63, 3.8) is 0 Å². The third kappa shape index (κ3) is 2.15. The highest BCUT2D eigenvalue weighted by molar-refractivity contribution is 4.94. The second-order valence-corrected chi connectivity index (χ2v) is 6.98. The average Bonchev–Trinajstić information content (AvgIpc) is 2.92. The fourth-order valence-corrected chi connectivity index (χ4v) is 4.63. The fourth-order valence-electron chi connectivity index (χ4n) is 4.63. The maximum absolute atomic E-state index is 6.17. The minimum atomic E-state index is 0.432. The van der Waals surface area contributed by atoms with Gasteiger partial charge >= 0.3 is 0 Å². The molecule has 6 unspecified atom stereocenters. The van der Waals surface area contributed by atoms with E-state index in [1.165, 1.54) is 38.8 Å². The SMILES string of the molecule is CC1C(N)CCN(CC2CC3CCC2C3)C1C. The van der Waals surface area contributed by atoms with E-state index in [9.17, 15) is 0 Å². The summed E-state index contributed by atoms with van der Waals surface area (Å²) >= 11 is 0. The molecule has 0 aromatic carbocycles. The second-order valence-electron chi connectivity index (χ2n) is 6.98. The van der Waals surface area contributed by atoms with Crippen LogP contribution >= 0.6 is 0 Å².